The summed E-state index contributed by atoms with van der Waals surface area (Å²) in [6.45, 7) is 2.64. The molecule has 2 atom stereocenters. The van der Waals surface area contributed by atoms with Gasteiger partial charge in [0.05, 0.1) is 6.61 Å². The van der Waals surface area contributed by atoms with E-state index in [2.05, 4.69) is 14.7 Å². The molecule has 1 aliphatic rings. The molecule has 0 spiro atoms. The van der Waals surface area contributed by atoms with Gasteiger partial charge in [0.15, 0.2) is 11.0 Å². The first-order valence-corrected chi connectivity index (χ1v) is 7.12. The second-order valence-electron chi connectivity index (χ2n) is 4.47. The van der Waals surface area contributed by atoms with Crippen molar-refractivity contribution in [3.8, 4) is 0 Å². The van der Waals surface area contributed by atoms with E-state index in [1.54, 1.807) is 0 Å². The lowest BCUT2D eigenvalue weighted by molar-refractivity contribution is -0.183. The Hall–Kier alpha value is -1.97. The standard InChI is InChI=1S/C12H12F3N3O3S/c1-3-21-9(20)7-6(2)17-11(8(7)19,12(13,14)15)18-10-16-4-5-22-10/h4-5,7H,3H2,1-2H3,(H,16,18)/t7-,11+/m1/s1. The molecule has 0 fully saturated rings. The Bertz CT molecular complexity index is 615. The van der Waals surface area contributed by atoms with Crippen LogP contribution < -0.4 is 5.32 Å². The predicted molar refractivity (Wildman–Crippen MR) is 72.8 cm³/mol. The van der Waals surface area contributed by atoms with E-state index in [1.165, 1.54) is 25.4 Å². The molecule has 0 radical (unpaired) electrons. The molecule has 0 saturated carbocycles. The molecule has 2 rings (SSSR count). The Morgan fingerprint density at radius 3 is 2.73 bits per heavy atom. The maximum atomic E-state index is 13.5. The topological polar surface area (TPSA) is 80.7 Å². The first-order chi connectivity index (χ1) is 10.2. The van der Waals surface area contributed by atoms with Crippen LogP contribution in [0.15, 0.2) is 16.6 Å². The zero-order chi connectivity index (χ0) is 16.5. The molecule has 120 valence electrons. The Morgan fingerprint density at radius 1 is 1.55 bits per heavy atom. The van der Waals surface area contributed by atoms with Gasteiger partial charge in [0, 0.05) is 17.3 Å². The molecule has 0 saturated heterocycles. The zero-order valence-electron chi connectivity index (χ0n) is 11.6. The van der Waals surface area contributed by atoms with Gasteiger partial charge in [-0.3, -0.25) is 9.59 Å². The number of hydrogen-bond acceptors (Lipinski definition) is 7. The van der Waals surface area contributed by atoms with E-state index in [0.29, 0.717) is 0 Å². The number of thiazole rings is 1. The fourth-order valence-electron chi connectivity index (χ4n) is 2.09. The van der Waals surface area contributed by atoms with Crippen LogP contribution >= 0.6 is 11.3 Å². The number of anilines is 1. The number of esters is 1. The van der Waals surface area contributed by atoms with E-state index in [1.807, 2.05) is 5.32 Å². The number of alkyl halides is 3. The number of nitrogens with one attached hydrogen (secondary N) is 1. The first-order valence-electron chi connectivity index (χ1n) is 6.24. The van der Waals surface area contributed by atoms with E-state index in [9.17, 15) is 22.8 Å². The highest BCUT2D eigenvalue weighted by molar-refractivity contribution is 7.13. The Kier molecular flexibility index (Phi) is 4.23. The summed E-state index contributed by atoms with van der Waals surface area (Å²) in [7, 11) is 0. The molecule has 1 N–H and O–H groups in total. The SMILES string of the molecule is CCOC(=O)[C@H]1C(=O)[C@](Nc2nccs2)(C(F)(F)F)N=C1C. The summed E-state index contributed by atoms with van der Waals surface area (Å²) >= 11 is 0.888. The molecular weight excluding hydrogens is 323 g/mol. The smallest absolute Gasteiger partial charge is 0.439 e. The van der Waals surface area contributed by atoms with Crippen molar-refractivity contribution in [2.75, 3.05) is 11.9 Å². The largest absolute Gasteiger partial charge is 0.465 e. The zero-order valence-corrected chi connectivity index (χ0v) is 12.4. The maximum Gasteiger partial charge on any atom is 0.439 e. The molecule has 10 heteroatoms. The van der Waals surface area contributed by atoms with Gasteiger partial charge in [0.25, 0.3) is 5.66 Å². The maximum absolute atomic E-state index is 13.5. The highest BCUT2D eigenvalue weighted by atomic mass is 32.1. The number of carbonyl (C=O) groups is 2. The van der Waals surface area contributed by atoms with Gasteiger partial charge in [-0.25, -0.2) is 9.98 Å². The number of rotatable bonds is 4. The number of aliphatic imine (C=N–C) groups is 1. The molecule has 1 aromatic heterocycles. The Labute approximate surface area is 127 Å². The summed E-state index contributed by atoms with van der Waals surface area (Å²) in [5.41, 5.74) is -3.46. The molecule has 0 unspecified atom stereocenters. The minimum atomic E-state index is -5.03. The molecule has 1 aliphatic heterocycles. The van der Waals surface area contributed by atoms with Crippen LogP contribution in [0.4, 0.5) is 18.3 Å². The number of aromatic nitrogens is 1. The van der Waals surface area contributed by atoms with Crippen molar-refractivity contribution in [3.05, 3.63) is 11.6 Å². The lowest BCUT2D eigenvalue weighted by atomic mass is 9.94. The summed E-state index contributed by atoms with van der Waals surface area (Å²) in [4.78, 5) is 31.2. The van der Waals surface area contributed by atoms with Crippen LogP contribution in [0.3, 0.4) is 0 Å². The van der Waals surface area contributed by atoms with E-state index in [4.69, 9.17) is 0 Å². The molecule has 0 aromatic carbocycles. The fourth-order valence-corrected chi connectivity index (χ4v) is 2.67. The quantitative estimate of drug-likeness (QED) is 0.673. The summed E-state index contributed by atoms with van der Waals surface area (Å²) in [6.07, 6.45) is -3.74. The highest BCUT2D eigenvalue weighted by Crippen LogP contribution is 2.42. The van der Waals surface area contributed by atoms with E-state index in [0.717, 1.165) is 11.3 Å². The van der Waals surface area contributed by atoms with Crippen LogP contribution in [-0.2, 0) is 14.3 Å². The van der Waals surface area contributed by atoms with Gasteiger partial charge in [0.1, 0.15) is 0 Å². The predicted octanol–water partition coefficient (Wildman–Crippen LogP) is 2.04. The molecule has 1 aromatic rings. The number of ether oxygens (including phenoxy) is 1. The van der Waals surface area contributed by atoms with Gasteiger partial charge in [-0.1, -0.05) is 0 Å². The van der Waals surface area contributed by atoms with Crippen LogP contribution in [0.1, 0.15) is 13.8 Å². The van der Waals surface area contributed by atoms with E-state index >= 15 is 0 Å². The normalized spacial score (nSPS) is 25.0. The molecule has 0 bridgehead atoms. The molecule has 2 heterocycles. The molecule has 0 amide bonds. The number of hydrogen-bond donors (Lipinski definition) is 1. The van der Waals surface area contributed by atoms with Crippen LogP contribution in [0.25, 0.3) is 0 Å². The number of ketones is 1. The van der Waals surface area contributed by atoms with Gasteiger partial charge in [-0.05, 0) is 13.8 Å². The molecular formula is C12H12F3N3O3S. The minimum Gasteiger partial charge on any atom is -0.465 e. The van der Waals surface area contributed by atoms with Crippen molar-refractivity contribution in [1.82, 2.24) is 4.98 Å². The average Bonchev–Trinajstić information content (AvgIpc) is 2.97. The van der Waals surface area contributed by atoms with Gasteiger partial charge >= 0.3 is 12.1 Å². The van der Waals surface area contributed by atoms with Crippen molar-refractivity contribution in [3.63, 3.8) is 0 Å². The second kappa shape index (κ2) is 5.67. The van der Waals surface area contributed by atoms with E-state index < -0.39 is 29.5 Å². The van der Waals surface area contributed by atoms with Crippen LogP contribution in [-0.4, -0.2) is 40.9 Å². The summed E-state index contributed by atoms with van der Waals surface area (Å²) in [5, 5.41) is 3.35. The van der Waals surface area contributed by atoms with Crippen LogP contribution in [0, 0.1) is 5.92 Å². The Balaban J connectivity index is 2.43. The van der Waals surface area contributed by atoms with Gasteiger partial charge in [-0.2, -0.15) is 13.2 Å². The number of nitrogens with zero attached hydrogens (tertiary/aromatic N) is 2. The van der Waals surface area contributed by atoms with Crippen LogP contribution in [0.2, 0.25) is 0 Å². The van der Waals surface area contributed by atoms with Crippen LogP contribution in [0.5, 0.6) is 0 Å². The fraction of sp³-hybridized carbons (Fsp3) is 0.500. The lowest BCUT2D eigenvalue weighted by Crippen LogP contribution is -2.56. The summed E-state index contributed by atoms with van der Waals surface area (Å²) in [5.74, 6) is -4.12. The van der Waals surface area contributed by atoms with Crippen molar-refractivity contribution < 1.29 is 27.5 Å². The lowest BCUT2D eigenvalue weighted by Gasteiger charge is -2.28. The minimum absolute atomic E-state index is 0.0468. The van der Waals surface area contributed by atoms with Crippen molar-refractivity contribution in [2.45, 2.75) is 25.7 Å². The summed E-state index contributed by atoms with van der Waals surface area (Å²) in [6, 6.07) is 0. The third kappa shape index (κ3) is 2.58. The molecule has 0 aliphatic carbocycles. The van der Waals surface area contributed by atoms with Gasteiger partial charge in [0.2, 0.25) is 5.78 Å². The highest BCUT2D eigenvalue weighted by Gasteiger charge is 2.67. The molecule has 6 nitrogen and oxygen atoms in total. The first kappa shape index (κ1) is 16.4. The van der Waals surface area contributed by atoms with Crippen molar-refractivity contribution in [1.29, 1.82) is 0 Å². The second-order valence-corrected chi connectivity index (χ2v) is 5.37. The average molecular weight is 335 g/mol. The van der Waals surface area contributed by atoms with Crippen molar-refractivity contribution >= 4 is 33.9 Å². The number of halogens is 3. The third-order valence-corrected chi connectivity index (χ3v) is 3.72. The van der Waals surface area contributed by atoms with Gasteiger partial charge in [-0.15, -0.1) is 11.3 Å². The number of carbonyl (C=O) groups excluding carboxylic acids is 2. The number of Topliss-reactive ketones (excluding diaryl/α,β-unsaturated/α-hetero) is 1. The van der Waals surface area contributed by atoms with Crippen molar-refractivity contribution in [2.24, 2.45) is 10.9 Å². The Morgan fingerprint density at radius 2 is 2.23 bits per heavy atom. The summed E-state index contributed by atoms with van der Waals surface area (Å²) < 4.78 is 45.1. The molecule has 22 heavy (non-hydrogen) atoms. The monoisotopic (exact) mass is 335 g/mol. The van der Waals surface area contributed by atoms with Gasteiger partial charge < -0.3 is 10.1 Å². The van der Waals surface area contributed by atoms with E-state index in [-0.39, 0.29) is 17.5 Å². The third-order valence-electron chi connectivity index (χ3n) is 3.03.